The minimum Gasteiger partial charge on any atom is -0.330 e. The van der Waals surface area contributed by atoms with Gasteiger partial charge in [0, 0.05) is 12.6 Å². The molecule has 2 heteroatoms. The van der Waals surface area contributed by atoms with E-state index in [0.717, 1.165) is 13.1 Å². The average Bonchev–Trinajstić information content (AvgIpc) is 2.76. The summed E-state index contributed by atoms with van der Waals surface area (Å²) in [7, 11) is 0. The van der Waals surface area contributed by atoms with E-state index in [1.807, 2.05) is 0 Å². The molecule has 0 aromatic heterocycles. The first kappa shape index (κ1) is 11.6. The van der Waals surface area contributed by atoms with Crippen molar-refractivity contribution in [3.05, 3.63) is 35.4 Å². The summed E-state index contributed by atoms with van der Waals surface area (Å²) in [5.74, 6) is 0.686. The summed E-state index contributed by atoms with van der Waals surface area (Å²) in [6, 6.07) is 9.38. The van der Waals surface area contributed by atoms with E-state index >= 15 is 0 Å². The van der Waals surface area contributed by atoms with Crippen molar-refractivity contribution in [1.29, 1.82) is 0 Å². The number of hydrogen-bond acceptors (Lipinski definition) is 2. The minimum atomic E-state index is 0.631. The molecule has 0 aliphatic heterocycles. The molecule has 0 bridgehead atoms. The van der Waals surface area contributed by atoms with E-state index in [1.54, 1.807) is 0 Å². The molecule has 2 unspecified atom stereocenters. The summed E-state index contributed by atoms with van der Waals surface area (Å²) in [5.41, 5.74) is 8.47. The normalized spacial score (nSPS) is 24.9. The maximum absolute atomic E-state index is 5.77. The molecule has 2 atom stereocenters. The summed E-state index contributed by atoms with van der Waals surface area (Å²) in [4.78, 5) is 0. The van der Waals surface area contributed by atoms with Crippen LogP contribution in [-0.2, 0) is 6.54 Å². The molecule has 0 spiro atoms. The van der Waals surface area contributed by atoms with Gasteiger partial charge in [0.2, 0.25) is 0 Å². The van der Waals surface area contributed by atoms with E-state index in [2.05, 4.69) is 36.5 Å². The Balaban J connectivity index is 1.85. The number of nitrogens with one attached hydrogen (secondary N) is 1. The van der Waals surface area contributed by atoms with Crippen molar-refractivity contribution in [3.8, 4) is 0 Å². The lowest BCUT2D eigenvalue weighted by Crippen LogP contribution is -2.35. The smallest absolute Gasteiger partial charge is 0.0208 e. The molecular formula is C14H22N2. The van der Waals surface area contributed by atoms with Crippen LogP contribution in [0.4, 0.5) is 0 Å². The van der Waals surface area contributed by atoms with Gasteiger partial charge in [-0.05, 0) is 37.8 Å². The van der Waals surface area contributed by atoms with E-state index in [4.69, 9.17) is 5.73 Å². The zero-order valence-electron chi connectivity index (χ0n) is 10.1. The highest BCUT2D eigenvalue weighted by Crippen LogP contribution is 2.24. The minimum absolute atomic E-state index is 0.631. The highest BCUT2D eigenvalue weighted by molar-refractivity contribution is 5.21. The molecule has 3 N–H and O–H groups in total. The molecule has 2 rings (SSSR count). The molecule has 1 saturated carbocycles. The van der Waals surface area contributed by atoms with Gasteiger partial charge in [-0.3, -0.25) is 0 Å². The van der Waals surface area contributed by atoms with Crippen molar-refractivity contribution in [2.24, 2.45) is 11.7 Å². The van der Waals surface area contributed by atoms with Crippen LogP contribution in [0.3, 0.4) is 0 Å². The number of hydrogen-bond donors (Lipinski definition) is 2. The summed E-state index contributed by atoms with van der Waals surface area (Å²) < 4.78 is 0. The van der Waals surface area contributed by atoms with Gasteiger partial charge in [-0.2, -0.15) is 0 Å². The van der Waals surface area contributed by atoms with E-state index in [9.17, 15) is 0 Å². The fourth-order valence-electron chi connectivity index (χ4n) is 2.54. The molecular weight excluding hydrogens is 196 g/mol. The molecule has 88 valence electrons. The molecule has 0 amide bonds. The van der Waals surface area contributed by atoms with Gasteiger partial charge in [0.25, 0.3) is 0 Å². The van der Waals surface area contributed by atoms with Crippen molar-refractivity contribution in [1.82, 2.24) is 5.32 Å². The van der Waals surface area contributed by atoms with Gasteiger partial charge >= 0.3 is 0 Å². The Morgan fingerprint density at radius 1 is 1.25 bits per heavy atom. The average molecular weight is 218 g/mol. The fraction of sp³-hybridized carbons (Fsp3) is 0.571. The Kier molecular flexibility index (Phi) is 3.97. The van der Waals surface area contributed by atoms with Gasteiger partial charge in [-0.1, -0.05) is 36.2 Å². The van der Waals surface area contributed by atoms with Crippen LogP contribution in [0.2, 0.25) is 0 Å². The van der Waals surface area contributed by atoms with Crippen LogP contribution in [0.15, 0.2) is 24.3 Å². The van der Waals surface area contributed by atoms with E-state index < -0.39 is 0 Å². The van der Waals surface area contributed by atoms with Crippen LogP contribution in [0.5, 0.6) is 0 Å². The van der Waals surface area contributed by atoms with Crippen molar-refractivity contribution in [3.63, 3.8) is 0 Å². The second-order valence-corrected chi connectivity index (χ2v) is 4.90. The Morgan fingerprint density at radius 3 is 2.69 bits per heavy atom. The van der Waals surface area contributed by atoms with Gasteiger partial charge in [0.1, 0.15) is 0 Å². The summed E-state index contributed by atoms with van der Waals surface area (Å²) >= 11 is 0. The Labute approximate surface area is 98.2 Å². The fourth-order valence-corrected chi connectivity index (χ4v) is 2.54. The Hall–Kier alpha value is -0.860. The van der Waals surface area contributed by atoms with Crippen LogP contribution < -0.4 is 11.1 Å². The Bertz CT molecular complexity index is 318. The third kappa shape index (κ3) is 2.83. The van der Waals surface area contributed by atoms with Crippen molar-refractivity contribution >= 4 is 0 Å². The predicted octanol–water partition coefficient (Wildman–Crippen LogP) is 2.21. The van der Waals surface area contributed by atoms with Crippen molar-refractivity contribution in [2.45, 2.75) is 38.8 Å². The van der Waals surface area contributed by atoms with E-state index in [0.29, 0.717) is 12.0 Å². The topological polar surface area (TPSA) is 38.0 Å². The molecule has 2 nitrogen and oxygen atoms in total. The molecule has 1 aliphatic rings. The van der Waals surface area contributed by atoms with Crippen LogP contribution >= 0.6 is 0 Å². The first-order valence-electron chi connectivity index (χ1n) is 6.28. The van der Waals surface area contributed by atoms with Gasteiger partial charge < -0.3 is 11.1 Å². The number of nitrogens with two attached hydrogens (primary N) is 1. The summed E-state index contributed by atoms with van der Waals surface area (Å²) in [6.45, 7) is 3.92. The van der Waals surface area contributed by atoms with E-state index in [1.165, 1.54) is 30.4 Å². The maximum Gasteiger partial charge on any atom is 0.0208 e. The van der Waals surface area contributed by atoms with Gasteiger partial charge in [0.05, 0.1) is 0 Å². The lowest BCUT2D eigenvalue weighted by molar-refractivity contribution is 0.406. The number of aryl methyl sites for hydroxylation is 1. The van der Waals surface area contributed by atoms with Crippen LogP contribution in [0.1, 0.15) is 30.4 Å². The third-order valence-electron chi connectivity index (χ3n) is 3.65. The van der Waals surface area contributed by atoms with Crippen LogP contribution in [0, 0.1) is 12.8 Å². The monoisotopic (exact) mass is 218 g/mol. The number of benzene rings is 1. The predicted molar refractivity (Wildman–Crippen MR) is 68.2 cm³/mol. The largest absolute Gasteiger partial charge is 0.330 e. The van der Waals surface area contributed by atoms with Gasteiger partial charge in [-0.15, -0.1) is 0 Å². The standard InChI is InChI=1S/C14H22N2/c1-11-5-7-12(8-6-11)10-16-14-4-2-3-13(14)9-15/h5-8,13-14,16H,2-4,9-10,15H2,1H3. The first-order valence-corrected chi connectivity index (χ1v) is 6.28. The molecule has 16 heavy (non-hydrogen) atoms. The van der Waals surface area contributed by atoms with Crippen molar-refractivity contribution < 1.29 is 0 Å². The molecule has 1 aliphatic carbocycles. The molecule has 0 radical (unpaired) electrons. The van der Waals surface area contributed by atoms with Gasteiger partial charge in [0.15, 0.2) is 0 Å². The maximum atomic E-state index is 5.77. The van der Waals surface area contributed by atoms with Gasteiger partial charge in [-0.25, -0.2) is 0 Å². The Morgan fingerprint density at radius 2 is 2.00 bits per heavy atom. The van der Waals surface area contributed by atoms with Crippen LogP contribution in [0.25, 0.3) is 0 Å². The highest BCUT2D eigenvalue weighted by Gasteiger charge is 2.25. The lowest BCUT2D eigenvalue weighted by atomic mass is 10.0. The molecule has 1 fully saturated rings. The molecule has 0 heterocycles. The molecule has 0 saturated heterocycles. The van der Waals surface area contributed by atoms with E-state index in [-0.39, 0.29) is 0 Å². The lowest BCUT2D eigenvalue weighted by Gasteiger charge is -2.19. The zero-order valence-corrected chi connectivity index (χ0v) is 10.1. The van der Waals surface area contributed by atoms with Crippen LogP contribution in [-0.4, -0.2) is 12.6 Å². The third-order valence-corrected chi connectivity index (χ3v) is 3.65. The highest BCUT2D eigenvalue weighted by atomic mass is 14.9. The second kappa shape index (κ2) is 5.46. The molecule has 1 aromatic rings. The number of rotatable bonds is 4. The SMILES string of the molecule is Cc1ccc(CNC2CCCC2CN)cc1. The summed E-state index contributed by atoms with van der Waals surface area (Å²) in [5, 5.41) is 3.64. The first-order chi connectivity index (χ1) is 7.79. The van der Waals surface area contributed by atoms with Crippen molar-refractivity contribution in [2.75, 3.05) is 6.54 Å². The second-order valence-electron chi connectivity index (χ2n) is 4.90. The molecule has 1 aromatic carbocycles. The summed E-state index contributed by atoms with van der Waals surface area (Å²) in [6.07, 6.45) is 3.91. The quantitative estimate of drug-likeness (QED) is 0.813. The zero-order chi connectivity index (χ0) is 11.4.